The highest BCUT2D eigenvalue weighted by atomic mass is 32.2. The summed E-state index contributed by atoms with van der Waals surface area (Å²) in [6.45, 7) is 1.81. The van der Waals surface area contributed by atoms with Gasteiger partial charge in [-0.3, -0.25) is 4.72 Å². The van der Waals surface area contributed by atoms with Gasteiger partial charge in [-0.15, -0.1) is 11.3 Å². The van der Waals surface area contributed by atoms with E-state index in [1.165, 1.54) is 0 Å². The van der Waals surface area contributed by atoms with Crippen molar-refractivity contribution in [3.05, 3.63) is 72.2 Å². The number of nitrogens with zero attached hydrogens (tertiary/aromatic N) is 2. The van der Waals surface area contributed by atoms with Gasteiger partial charge in [-0.25, -0.2) is 14.0 Å². The molecule has 1 unspecified atom stereocenters. The zero-order valence-electron chi connectivity index (χ0n) is 20.8. The molecule has 4 rings (SSSR count). The van der Waals surface area contributed by atoms with Gasteiger partial charge in [-0.2, -0.15) is 4.98 Å². The molecule has 0 aliphatic heterocycles. The van der Waals surface area contributed by atoms with Crippen molar-refractivity contribution in [1.29, 1.82) is 0 Å². The van der Waals surface area contributed by atoms with E-state index in [9.17, 15) is 14.1 Å². The number of aliphatic hydroxyl groups excluding tert-OH is 1. The predicted molar refractivity (Wildman–Crippen MR) is 154 cm³/mol. The number of methoxy groups -OCH3 is 1. The largest absolute Gasteiger partial charge is 0.497 e. The minimum Gasteiger partial charge on any atom is -0.497 e. The first-order valence-electron chi connectivity index (χ1n) is 11.5. The Bertz CT molecular complexity index is 1480. The van der Waals surface area contributed by atoms with E-state index in [-0.39, 0.29) is 12.6 Å². The van der Waals surface area contributed by atoms with E-state index in [0.29, 0.717) is 33.8 Å². The lowest BCUT2D eigenvalue weighted by molar-refractivity contribution is 0.257. The van der Waals surface area contributed by atoms with Crippen molar-refractivity contribution in [2.24, 2.45) is 0 Å². The Morgan fingerprint density at radius 2 is 1.84 bits per heavy atom. The summed E-state index contributed by atoms with van der Waals surface area (Å²) in [4.78, 5) is 22.8. The third kappa shape index (κ3) is 6.79. The van der Waals surface area contributed by atoms with Crippen LogP contribution in [-0.4, -0.2) is 50.9 Å². The molecule has 0 spiro atoms. The number of carbonyl (C=O) groups is 1. The Morgan fingerprint density at radius 1 is 1.13 bits per heavy atom. The summed E-state index contributed by atoms with van der Waals surface area (Å²) < 4.78 is 20.6. The molecule has 198 valence electrons. The number of aliphatic hydroxyl groups is 1. The van der Waals surface area contributed by atoms with E-state index in [0.717, 1.165) is 10.4 Å². The highest BCUT2D eigenvalue weighted by Crippen LogP contribution is 2.31. The molecule has 0 aliphatic rings. The second-order valence-electron chi connectivity index (χ2n) is 8.27. The van der Waals surface area contributed by atoms with Gasteiger partial charge in [0.25, 0.3) is 0 Å². The molecule has 12 heteroatoms. The van der Waals surface area contributed by atoms with Crippen LogP contribution in [0.3, 0.4) is 0 Å². The molecule has 0 saturated heterocycles. The monoisotopic (exact) mass is 552 g/mol. The molecule has 38 heavy (non-hydrogen) atoms. The van der Waals surface area contributed by atoms with Crippen LogP contribution in [0.15, 0.2) is 77.1 Å². The molecule has 4 aromatic rings. The lowest BCUT2D eigenvalue weighted by Crippen LogP contribution is -2.34. The number of benzene rings is 2. The van der Waals surface area contributed by atoms with Crippen molar-refractivity contribution < 1.29 is 18.8 Å². The minimum atomic E-state index is -3.11. The number of nitrogens with one attached hydrogen (secondary N) is 4. The van der Waals surface area contributed by atoms with Crippen molar-refractivity contribution in [2.75, 3.05) is 29.7 Å². The maximum Gasteiger partial charge on any atom is 0.330 e. The van der Waals surface area contributed by atoms with E-state index < -0.39 is 15.7 Å². The standard InChI is InChI=1S/C26H28N6O4S2/c1-17(16-33)28-24-22(23-5-4-14-37-23)15-27-25(31-24)29-18-8-12-21(13-9-18)38(3,35)32-26(34)30-19-6-10-20(36-2)11-7-19/h4-15,17,33H,3,16H2,1-2H3,(H2,27,28,29,31)(H2,30,32,34,35)/t17-,38?/m1/s1. The topological polar surface area (TPSA) is 138 Å². The van der Waals surface area contributed by atoms with Crippen LogP contribution in [-0.2, 0) is 9.71 Å². The van der Waals surface area contributed by atoms with E-state index in [1.54, 1.807) is 73.2 Å². The molecule has 2 atom stereocenters. The van der Waals surface area contributed by atoms with E-state index in [1.807, 2.05) is 24.4 Å². The SMILES string of the molecule is C=S(=O)(NC(=O)Nc1ccc(OC)cc1)c1ccc(Nc2ncc(-c3cccs3)c(N[C@H](C)CO)n2)cc1. The number of rotatable bonds is 10. The van der Waals surface area contributed by atoms with Gasteiger partial charge in [0, 0.05) is 33.4 Å². The fourth-order valence-electron chi connectivity index (χ4n) is 3.37. The summed E-state index contributed by atoms with van der Waals surface area (Å²) in [7, 11) is -1.56. The van der Waals surface area contributed by atoms with Crippen LogP contribution in [0.1, 0.15) is 6.92 Å². The van der Waals surface area contributed by atoms with Crippen LogP contribution in [0.5, 0.6) is 5.75 Å². The molecule has 0 radical (unpaired) electrons. The van der Waals surface area contributed by atoms with Crippen LogP contribution in [0.2, 0.25) is 0 Å². The summed E-state index contributed by atoms with van der Waals surface area (Å²) in [5.74, 6) is 5.30. The van der Waals surface area contributed by atoms with Gasteiger partial charge in [-0.05, 0) is 72.8 Å². The summed E-state index contributed by atoms with van der Waals surface area (Å²) in [6.07, 6.45) is 1.72. The fraction of sp³-hybridized carbons (Fsp3) is 0.154. The number of urea groups is 1. The first kappa shape index (κ1) is 26.9. The Morgan fingerprint density at radius 3 is 2.47 bits per heavy atom. The highest BCUT2D eigenvalue weighted by molar-refractivity contribution is 7.99. The molecule has 2 aromatic heterocycles. The first-order valence-corrected chi connectivity index (χ1v) is 14.1. The normalized spacial score (nSPS) is 13.1. The molecule has 0 aliphatic carbocycles. The first-order chi connectivity index (χ1) is 18.3. The number of ether oxygens (including phenoxy) is 1. The number of hydrogen-bond acceptors (Lipinski definition) is 9. The third-order valence-electron chi connectivity index (χ3n) is 5.33. The fourth-order valence-corrected chi connectivity index (χ4v) is 5.15. The van der Waals surface area contributed by atoms with Gasteiger partial charge < -0.3 is 25.8 Å². The number of anilines is 4. The van der Waals surface area contributed by atoms with Crippen molar-refractivity contribution >= 4 is 56.1 Å². The Labute approximate surface area is 225 Å². The Balaban J connectivity index is 1.44. The zero-order valence-corrected chi connectivity index (χ0v) is 22.4. The number of thiophene rings is 1. The van der Waals surface area contributed by atoms with Crippen molar-refractivity contribution in [3.8, 4) is 16.2 Å². The van der Waals surface area contributed by atoms with Crippen molar-refractivity contribution in [3.63, 3.8) is 0 Å². The maximum absolute atomic E-state index is 13.1. The van der Waals surface area contributed by atoms with E-state index in [4.69, 9.17) is 4.74 Å². The molecule has 0 saturated carbocycles. The summed E-state index contributed by atoms with van der Waals surface area (Å²) in [5, 5.41) is 20.4. The number of hydrogen-bond donors (Lipinski definition) is 5. The lowest BCUT2D eigenvalue weighted by Gasteiger charge is -2.16. The van der Waals surface area contributed by atoms with Crippen LogP contribution >= 0.6 is 11.3 Å². The van der Waals surface area contributed by atoms with Crippen LogP contribution in [0.25, 0.3) is 10.4 Å². The zero-order chi connectivity index (χ0) is 27.1. The second kappa shape index (κ2) is 11.9. The van der Waals surface area contributed by atoms with E-state index >= 15 is 0 Å². The van der Waals surface area contributed by atoms with Gasteiger partial charge >= 0.3 is 6.03 Å². The maximum atomic E-state index is 13.1. The summed E-state index contributed by atoms with van der Waals surface area (Å²) in [5.41, 5.74) is 2.00. The lowest BCUT2D eigenvalue weighted by atomic mass is 10.2. The molecule has 2 amide bonds. The second-order valence-corrected chi connectivity index (χ2v) is 11.2. The molecule has 10 nitrogen and oxygen atoms in total. The third-order valence-corrected chi connectivity index (χ3v) is 7.78. The average Bonchev–Trinajstić information content (AvgIpc) is 3.44. The van der Waals surface area contributed by atoms with Crippen molar-refractivity contribution in [2.45, 2.75) is 17.9 Å². The summed E-state index contributed by atoms with van der Waals surface area (Å²) in [6, 6.07) is 16.4. The van der Waals surface area contributed by atoms with Gasteiger partial charge in [0.15, 0.2) is 0 Å². The number of aromatic nitrogens is 2. The average molecular weight is 553 g/mol. The summed E-state index contributed by atoms with van der Waals surface area (Å²) >= 11 is 1.57. The molecule has 2 aromatic carbocycles. The molecule has 0 bridgehead atoms. The number of amides is 2. The smallest absolute Gasteiger partial charge is 0.330 e. The highest BCUT2D eigenvalue weighted by Gasteiger charge is 2.15. The van der Waals surface area contributed by atoms with Crippen molar-refractivity contribution in [1.82, 2.24) is 14.7 Å². The Kier molecular flexibility index (Phi) is 8.46. The molecular weight excluding hydrogens is 524 g/mol. The van der Waals surface area contributed by atoms with Crippen LogP contribution in [0, 0.1) is 0 Å². The quantitative estimate of drug-likeness (QED) is 0.181. The van der Waals surface area contributed by atoms with Gasteiger partial charge in [0.1, 0.15) is 11.6 Å². The van der Waals surface area contributed by atoms with Gasteiger partial charge in [-0.1, -0.05) is 6.07 Å². The Hall–Kier alpha value is -4.13. The van der Waals surface area contributed by atoms with Crippen LogP contribution < -0.4 is 25.4 Å². The molecular formula is C26H28N6O4S2. The minimum absolute atomic E-state index is 0.0470. The molecule has 0 fully saturated rings. The van der Waals surface area contributed by atoms with Gasteiger partial charge in [0.2, 0.25) is 5.95 Å². The molecule has 2 heterocycles. The molecule has 5 N–H and O–H groups in total. The number of carbonyl (C=O) groups excluding carboxylic acids is 1. The van der Waals surface area contributed by atoms with Crippen LogP contribution in [0.4, 0.5) is 27.9 Å². The van der Waals surface area contributed by atoms with E-state index in [2.05, 4.69) is 36.5 Å². The van der Waals surface area contributed by atoms with Gasteiger partial charge in [0.05, 0.1) is 29.0 Å². The predicted octanol–water partition coefficient (Wildman–Crippen LogP) is 4.56.